The third kappa shape index (κ3) is 5.38. The van der Waals surface area contributed by atoms with Crippen LogP contribution in [0.3, 0.4) is 0 Å². The minimum atomic E-state index is 0.217. The quantitative estimate of drug-likeness (QED) is 0.683. The van der Waals surface area contributed by atoms with E-state index in [1.165, 1.54) is 6.42 Å². The Balaban J connectivity index is 2.38. The third-order valence-electron chi connectivity index (χ3n) is 4.34. The molecular formula is C15H32N2O2. The molecule has 2 atom stereocenters. The maximum atomic E-state index is 5.61. The Hall–Kier alpha value is -0.160. The van der Waals surface area contributed by atoms with Crippen LogP contribution >= 0.6 is 0 Å². The van der Waals surface area contributed by atoms with Crippen LogP contribution in [0.25, 0.3) is 0 Å². The van der Waals surface area contributed by atoms with E-state index in [-0.39, 0.29) is 5.54 Å². The van der Waals surface area contributed by atoms with E-state index in [4.69, 9.17) is 9.47 Å². The van der Waals surface area contributed by atoms with E-state index < -0.39 is 0 Å². The minimum absolute atomic E-state index is 0.217. The van der Waals surface area contributed by atoms with Crippen LogP contribution < -0.4 is 5.32 Å². The molecule has 1 aliphatic rings. The van der Waals surface area contributed by atoms with Crippen LogP contribution in [0.4, 0.5) is 0 Å². The first kappa shape index (κ1) is 16.9. The molecule has 0 aromatic heterocycles. The lowest BCUT2D eigenvalue weighted by Gasteiger charge is -2.47. The SMILES string of the molecule is CCC(C)C1CN(CCOCCOC)C(C)(C)CN1. The van der Waals surface area contributed by atoms with Crippen molar-refractivity contribution in [1.82, 2.24) is 10.2 Å². The number of ether oxygens (including phenoxy) is 2. The number of hydrogen-bond acceptors (Lipinski definition) is 4. The van der Waals surface area contributed by atoms with Crippen LogP contribution in [0.1, 0.15) is 34.1 Å². The predicted molar refractivity (Wildman–Crippen MR) is 79.6 cm³/mol. The predicted octanol–water partition coefficient (Wildman–Crippen LogP) is 1.75. The summed E-state index contributed by atoms with van der Waals surface area (Å²) >= 11 is 0. The average Bonchev–Trinajstić information content (AvgIpc) is 2.39. The molecule has 0 aromatic carbocycles. The molecule has 0 aromatic rings. The van der Waals surface area contributed by atoms with Gasteiger partial charge in [-0.05, 0) is 19.8 Å². The second-order valence-electron chi connectivity index (χ2n) is 6.24. The molecule has 2 unspecified atom stereocenters. The number of methoxy groups -OCH3 is 1. The summed E-state index contributed by atoms with van der Waals surface area (Å²) < 4.78 is 10.6. The highest BCUT2D eigenvalue weighted by Gasteiger charge is 2.34. The number of rotatable bonds is 8. The molecule has 1 N–H and O–H groups in total. The molecule has 0 saturated carbocycles. The van der Waals surface area contributed by atoms with E-state index in [1.807, 2.05) is 0 Å². The first-order valence-corrected chi connectivity index (χ1v) is 7.56. The maximum Gasteiger partial charge on any atom is 0.0700 e. The molecule has 1 fully saturated rings. The summed E-state index contributed by atoms with van der Waals surface area (Å²) in [5, 5.41) is 3.70. The van der Waals surface area contributed by atoms with Crippen molar-refractivity contribution in [2.45, 2.75) is 45.7 Å². The topological polar surface area (TPSA) is 33.7 Å². The van der Waals surface area contributed by atoms with Gasteiger partial charge in [0.2, 0.25) is 0 Å². The van der Waals surface area contributed by atoms with E-state index in [1.54, 1.807) is 7.11 Å². The van der Waals surface area contributed by atoms with Crippen molar-refractivity contribution in [2.24, 2.45) is 5.92 Å². The lowest BCUT2D eigenvalue weighted by atomic mass is 9.91. The second kappa shape index (κ2) is 8.20. The van der Waals surface area contributed by atoms with Gasteiger partial charge < -0.3 is 14.8 Å². The lowest BCUT2D eigenvalue weighted by molar-refractivity contribution is 0.00937. The van der Waals surface area contributed by atoms with Crippen LogP contribution in [0.2, 0.25) is 0 Å². The number of nitrogens with zero attached hydrogens (tertiary/aromatic N) is 1. The molecule has 0 amide bonds. The largest absolute Gasteiger partial charge is 0.382 e. The number of hydrogen-bond donors (Lipinski definition) is 1. The fraction of sp³-hybridized carbons (Fsp3) is 1.00. The third-order valence-corrected chi connectivity index (χ3v) is 4.34. The van der Waals surface area contributed by atoms with Crippen molar-refractivity contribution in [2.75, 3.05) is 46.6 Å². The van der Waals surface area contributed by atoms with Gasteiger partial charge in [0.25, 0.3) is 0 Å². The average molecular weight is 272 g/mol. The van der Waals surface area contributed by atoms with Crippen molar-refractivity contribution >= 4 is 0 Å². The molecule has 0 radical (unpaired) electrons. The second-order valence-corrected chi connectivity index (χ2v) is 6.24. The van der Waals surface area contributed by atoms with Crippen LogP contribution in [-0.2, 0) is 9.47 Å². The van der Waals surface area contributed by atoms with Gasteiger partial charge in [-0.3, -0.25) is 4.90 Å². The Labute approximate surface area is 118 Å². The fourth-order valence-corrected chi connectivity index (χ4v) is 2.52. The zero-order valence-corrected chi connectivity index (χ0v) is 13.4. The fourth-order valence-electron chi connectivity index (χ4n) is 2.52. The molecular weight excluding hydrogens is 240 g/mol. The summed E-state index contributed by atoms with van der Waals surface area (Å²) in [4.78, 5) is 2.56. The standard InChI is InChI=1S/C15H32N2O2/c1-6-13(2)14-11-17(15(3,4)12-16-14)7-8-19-10-9-18-5/h13-14,16H,6-12H2,1-5H3. The molecule has 114 valence electrons. The Morgan fingerprint density at radius 1 is 1.32 bits per heavy atom. The van der Waals surface area contributed by atoms with Crippen LogP contribution in [0.15, 0.2) is 0 Å². The summed E-state index contributed by atoms with van der Waals surface area (Å²) in [6, 6.07) is 0.608. The zero-order valence-electron chi connectivity index (χ0n) is 13.4. The van der Waals surface area contributed by atoms with Crippen molar-refractivity contribution in [3.8, 4) is 0 Å². The summed E-state index contributed by atoms with van der Waals surface area (Å²) in [5.41, 5.74) is 0.217. The highest BCUT2D eigenvalue weighted by Crippen LogP contribution is 2.22. The molecule has 4 heteroatoms. The molecule has 1 aliphatic heterocycles. The first-order chi connectivity index (χ1) is 9.01. The van der Waals surface area contributed by atoms with Gasteiger partial charge in [0, 0.05) is 38.3 Å². The van der Waals surface area contributed by atoms with Gasteiger partial charge in [-0.2, -0.15) is 0 Å². The summed E-state index contributed by atoms with van der Waals surface area (Å²) in [6.07, 6.45) is 1.23. The van der Waals surface area contributed by atoms with Crippen LogP contribution in [0.5, 0.6) is 0 Å². The maximum absolute atomic E-state index is 5.61. The summed E-state index contributed by atoms with van der Waals surface area (Å²) in [7, 11) is 1.71. The molecule has 4 nitrogen and oxygen atoms in total. The van der Waals surface area contributed by atoms with Gasteiger partial charge in [-0.1, -0.05) is 20.3 Å². The summed E-state index contributed by atoms with van der Waals surface area (Å²) in [5.74, 6) is 0.730. The van der Waals surface area contributed by atoms with Crippen molar-refractivity contribution in [3.63, 3.8) is 0 Å². The number of piperazine rings is 1. The number of nitrogens with one attached hydrogen (secondary N) is 1. The van der Waals surface area contributed by atoms with Gasteiger partial charge in [-0.15, -0.1) is 0 Å². The van der Waals surface area contributed by atoms with Gasteiger partial charge in [0.1, 0.15) is 0 Å². The van der Waals surface area contributed by atoms with Gasteiger partial charge >= 0.3 is 0 Å². The Morgan fingerprint density at radius 2 is 2.05 bits per heavy atom. The Morgan fingerprint density at radius 3 is 2.68 bits per heavy atom. The molecule has 1 rings (SSSR count). The molecule has 0 spiro atoms. The van der Waals surface area contributed by atoms with Crippen LogP contribution in [0, 0.1) is 5.92 Å². The highest BCUT2D eigenvalue weighted by atomic mass is 16.5. The van der Waals surface area contributed by atoms with Crippen molar-refractivity contribution in [1.29, 1.82) is 0 Å². The van der Waals surface area contributed by atoms with E-state index in [2.05, 4.69) is 37.9 Å². The Bertz CT molecular complexity index is 246. The zero-order chi connectivity index (χ0) is 14.3. The van der Waals surface area contributed by atoms with E-state index in [9.17, 15) is 0 Å². The van der Waals surface area contributed by atoms with Crippen molar-refractivity contribution < 1.29 is 9.47 Å². The lowest BCUT2D eigenvalue weighted by Crippen LogP contribution is -2.63. The molecule has 19 heavy (non-hydrogen) atoms. The summed E-state index contributed by atoms with van der Waals surface area (Å²) in [6.45, 7) is 14.6. The van der Waals surface area contributed by atoms with Gasteiger partial charge in [0.05, 0.1) is 19.8 Å². The van der Waals surface area contributed by atoms with E-state index in [0.29, 0.717) is 19.3 Å². The van der Waals surface area contributed by atoms with E-state index in [0.717, 1.165) is 32.2 Å². The monoisotopic (exact) mass is 272 g/mol. The van der Waals surface area contributed by atoms with Crippen LogP contribution in [-0.4, -0.2) is 63.0 Å². The van der Waals surface area contributed by atoms with Crippen molar-refractivity contribution in [3.05, 3.63) is 0 Å². The molecule has 1 saturated heterocycles. The van der Waals surface area contributed by atoms with Gasteiger partial charge in [0.15, 0.2) is 0 Å². The molecule has 0 aliphatic carbocycles. The minimum Gasteiger partial charge on any atom is -0.382 e. The molecule has 0 bridgehead atoms. The smallest absolute Gasteiger partial charge is 0.0700 e. The molecule has 1 heterocycles. The first-order valence-electron chi connectivity index (χ1n) is 7.56. The highest BCUT2D eigenvalue weighted by molar-refractivity contribution is 4.94. The van der Waals surface area contributed by atoms with Gasteiger partial charge in [-0.25, -0.2) is 0 Å². The Kier molecular flexibility index (Phi) is 7.29. The van der Waals surface area contributed by atoms with E-state index >= 15 is 0 Å². The normalized spacial score (nSPS) is 25.4.